The predicted octanol–water partition coefficient (Wildman–Crippen LogP) is 3.85. The van der Waals surface area contributed by atoms with Crippen molar-refractivity contribution in [2.45, 2.75) is 4.75 Å². The van der Waals surface area contributed by atoms with E-state index in [9.17, 15) is 0 Å². The van der Waals surface area contributed by atoms with Crippen LogP contribution >= 0.6 is 11.9 Å². The van der Waals surface area contributed by atoms with Crippen molar-refractivity contribution in [2.75, 3.05) is 26.2 Å². The minimum Gasteiger partial charge on any atom is -0.329 e. The van der Waals surface area contributed by atoms with Gasteiger partial charge in [-0.05, 0) is 16.7 Å². The standard InChI is InChI=1S/C23H27N3S/c24-16-18-26(19-17-25)27-23(20-10-4-1-5-11-20,21-12-6-2-7-13-21)22-14-8-3-9-15-22/h1-15H,16-19,24-25H2. The Morgan fingerprint density at radius 2 is 0.926 bits per heavy atom. The summed E-state index contributed by atoms with van der Waals surface area (Å²) in [6.45, 7) is 2.77. The van der Waals surface area contributed by atoms with Gasteiger partial charge in [0.25, 0.3) is 0 Å². The fourth-order valence-corrected chi connectivity index (χ4v) is 4.87. The summed E-state index contributed by atoms with van der Waals surface area (Å²) < 4.78 is 1.93. The van der Waals surface area contributed by atoms with Crippen molar-refractivity contribution in [3.05, 3.63) is 108 Å². The molecule has 0 fully saturated rings. The second-order valence-electron chi connectivity index (χ2n) is 6.38. The number of hydrogen-bond donors (Lipinski definition) is 2. The maximum Gasteiger partial charge on any atom is 0.105 e. The number of nitrogens with zero attached hydrogens (tertiary/aromatic N) is 1. The lowest BCUT2D eigenvalue weighted by Crippen LogP contribution is -2.36. The first kappa shape index (κ1) is 19.6. The topological polar surface area (TPSA) is 55.3 Å². The van der Waals surface area contributed by atoms with Gasteiger partial charge in [0, 0.05) is 26.2 Å². The summed E-state index contributed by atoms with van der Waals surface area (Å²) in [6, 6.07) is 32.0. The molecule has 0 unspecified atom stereocenters. The van der Waals surface area contributed by atoms with Crippen molar-refractivity contribution in [1.82, 2.24) is 4.31 Å². The van der Waals surface area contributed by atoms with Crippen molar-refractivity contribution in [1.29, 1.82) is 0 Å². The van der Waals surface area contributed by atoms with Gasteiger partial charge in [0.1, 0.15) is 4.75 Å². The van der Waals surface area contributed by atoms with Gasteiger partial charge in [-0.25, -0.2) is 4.31 Å². The summed E-state index contributed by atoms with van der Waals surface area (Å²) in [5.41, 5.74) is 15.5. The van der Waals surface area contributed by atoms with Crippen LogP contribution in [0.5, 0.6) is 0 Å². The summed E-state index contributed by atoms with van der Waals surface area (Å²) >= 11 is 1.82. The maximum absolute atomic E-state index is 5.90. The van der Waals surface area contributed by atoms with Crippen LogP contribution in [0.15, 0.2) is 91.0 Å². The molecule has 4 heteroatoms. The number of benzene rings is 3. The van der Waals surface area contributed by atoms with Crippen molar-refractivity contribution >= 4 is 11.9 Å². The third-order valence-corrected chi connectivity index (χ3v) is 6.17. The van der Waals surface area contributed by atoms with Gasteiger partial charge in [-0.1, -0.05) is 103 Å². The van der Waals surface area contributed by atoms with Crippen LogP contribution in [0.2, 0.25) is 0 Å². The Kier molecular flexibility index (Phi) is 7.07. The lowest BCUT2D eigenvalue weighted by molar-refractivity contribution is 0.485. The lowest BCUT2D eigenvalue weighted by atomic mass is 9.84. The van der Waals surface area contributed by atoms with Crippen LogP contribution in [-0.2, 0) is 4.75 Å². The predicted molar refractivity (Wildman–Crippen MR) is 116 cm³/mol. The summed E-state index contributed by atoms with van der Waals surface area (Å²) in [7, 11) is 0. The second-order valence-corrected chi connectivity index (χ2v) is 7.69. The van der Waals surface area contributed by atoms with Crippen LogP contribution in [0.4, 0.5) is 0 Å². The molecule has 4 N–H and O–H groups in total. The average molecular weight is 378 g/mol. The van der Waals surface area contributed by atoms with Crippen LogP contribution < -0.4 is 11.5 Å². The summed E-state index contributed by atoms with van der Waals surface area (Å²) in [5.74, 6) is 0. The minimum absolute atomic E-state index is 0.367. The number of nitrogens with two attached hydrogens (primary N) is 2. The molecule has 3 aromatic carbocycles. The highest BCUT2D eigenvalue weighted by Gasteiger charge is 2.39. The molecule has 0 spiro atoms. The quantitative estimate of drug-likeness (QED) is 0.439. The monoisotopic (exact) mass is 377 g/mol. The third kappa shape index (κ3) is 4.42. The molecule has 0 aliphatic rings. The van der Waals surface area contributed by atoms with E-state index < -0.39 is 0 Å². The lowest BCUT2D eigenvalue weighted by Gasteiger charge is -2.39. The fraction of sp³-hybridized carbons (Fsp3) is 0.217. The van der Waals surface area contributed by atoms with E-state index in [1.54, 1.807) is 0 Å². The molecule has 0 atom stereocenters. The van der Waals surface area contributed by atoms with Gasteiger partial charge in [0.05, 0.1) is 0 Å². The molecule has 3 rings (SSSR count). The van der Waals surface area contributed by atoms with Crippen molar-refractivity contribution in [2.24, 2.45) is 11.5 Å². The Bertz CT molecular complexity index is 691. The van der Waals surface area contributed by atoms with Crippen LogP contribution in [0.3, 0.4) is 0 Å². The van der Waals surface area contributed by atoms with E-state index in [2.05, 4.69) is 95.3 Å². The summed E-state index contributed by atoms with van der Waals surface area (Å²) in [5, 5.41) is 0. The Morgan fingerprint density at radius 3 is 1.22 bits per heavy atom. The highest BCUT2D eigenvalue weighted by atomic mass is 32.2. The van der Waals surface area contributed by atoms with Gasteiger partial charge < -0.3 is 11.5 Å². The van der Waals surface area contributed by atoms with E-state index >= 15 is 0 Å². The SMILES string of the molecule is NCCN(CCN)SC(c1ccccc1)(c1ccccc1)c1ccccc1. The fourth-order valence-electron chi connectivity index (χ4n) is 3.36. The second kappa shape index (κ2) is 9.72. The van der Waals surface area contributed by atoms with Crippen LogP contribution in [-0.4, -0.2) is 30.5 Å². The van der Waals surface area contributed by atoms with Gasteiger partial charge in [-0.2, -0.15) is 0 Å². The molecule has 140 valence electrons. The molecule has 0 bridgehead atoms. The average Bonchev–Trinajstić information content (AvgIpc) is 2.74. The zero-order valence-corrected chi connectivity index (χ0v) is 16.3. The molecule has 0 aliphatic carbocycles. The molecule has 0 aliphatic heterocycles. The number of hydrogen-bond acceptors (Lipinski definition) is 4. The Balaban J connectivity index is 2.22. The first-order valence-corrected chi connectivity index (χ1v) is 10.1. The summed E-state index contributed by atoms with van der Waals surface area (Å²) in [6.07, 6.45) is 0. The first-order chi connectivity index (χ1) is 13.3. The van der Waals surface area contributed by atoms with Gasteiger partial charge in [-0.15, -0.1) is 0 Å². The Labute approximate surface area is 166 Å². The number of rotatable bonds is 9. The van der Waals surface area contributed by atoms with Crippen LogP contribution in [0.25, 0.3) is 0 Å². The minimum atomic E-state index is -0.367. The van der Waals surface area contributed by atoms with E-state index in [0.717, 1.165) is 13.1 Å². The smallest absolute Gasteiger partial charge is 0.105 e. The molecule has 0 saturated carbocycles. The zero-order chi connectivity index (χ0) is 19.0. The largest absolute Gasteiger partial charge is 0.329 e. The molecular formula is C23H27N3S. The van der Waals surface area contributed by atoms with E-state index in [-0.39, 0.29) is 4.75 Å². The van der Waals surface area contributed by atoms with Crippen LogP contribution in [0, 0.1) is 0 Å². The molecule has 0 heterocycles. The molecule has 0 amide bonds. The van der Waals surface area contributed by atoms with E-state index in [0.29, 0.717) is 13.1 Å². The third-order valence-electron chi connectivity index (χ3n) is 4.56. The molecular weight excluding hydrogens is 350 g/mol. The van der Waals surface area contributed by atoms with Crippen LogP contribution in [0.1, 0.15) is 16.7 Å². The Morgan fingerprint density at radius 1 is 0.593 bits per heavy atom. The molecule has 0 saturated heterocycles. The van der Waals surface area contributed by atoms with Crippen molar-refractivity contribution in [3.8, 4) is 0 Å². The Hall–Kier alpha value is -2.11. The maximum atomic E-state index is 5.90. The van der Waals surface area contributed by atoms with E-state index in [4.69, 9.17) is 11.5 Å². The van der Waals surface area contributed by atoms with Gasteiger partial charge in [-0.3, -0.25) is 0 Å². The zero-order valence-electron chi connectivity index (χ0n) is 15.5. The molecule has 0 aromatic heterocycles. The molecule has 27 heavy (non-hydrogen) atoms. The van der Waals surface area contributed by atoms with Gasteiger partial charge in [0.2, 0.25) is 0 Å². The van der Waals surface area contributed by atoms with Gasteiger partial charge in [0.15, 0.2) is 0 Å². The van der Waals surface area contributed by atoms with Crippen molar-refractivity contribution < 1.29 is 0 Å². The normalized spacial score (nSPS) is 11.7. The molecule has 3 aromatic rings. The highest BCUT2D eigenvalue weighted by molar-refractivity contribution is 7.98. The van der Waals surface area contributed by atoms with Crippen molar-refractivity contribution in [3.63, 3.8) is 0 Å². The summed E-state index contributed by atoms with van der Waals surface area (Å²) in [4.78, 5) is 0. The first-order valence-electron chi connectivity index (χ1n) is 9.32. The molecule has 3 nitrogen and oxygen atoms in total. The molecule has 0 radical (unpaired) electrons. The van der Waals surface area contributed by atoms with E-state index in [1.807, 2.05) is 11.9 Å². The highest BCUT2D eigenvalue weighted by Crippen LogP contribution is 2.49. The van der Waals surface area contributed by atoms with E-state index in [1.165, 1.54) is 16.7 Å². The van der Waals surface area contributed by atoms with Gasteiger partial charge >= 0.3 is 0 Å².